The number of likely N-dealkylation sites (tertiary alicyclic amines) is 2. The molecule has 4 heterocycles. The van der Waals surface area contributed by atoms with E-state index in [9.17, 15) is 18.0 Å². The first kappa shape index (κ1) is 21.7. The van der Waals surface area contributed by atoms with Crippen LogP contribution in [0.3, 0.4) is 0 Å². The molecule has 6 nitrogen and oxygen atoms in total. The number of aromatic nitrogens is 1. The summed E-state index contributed by atoms with van der Waals surface area (Å²) in [6.07, 6.45) is -5.08. The minimum absolute atomic E-state index is 0.194. The van der Waals surface area contributed by atoms with Crippen molar-refractivity contribution >= 4 is 34.6 Å². The monoisotopic (exact) mass is 447 g/mol. The van der Waals surface area contributed by atoms with Gasteiger partial charge in [0.2, 0.25) is 5.91 Å². The van der Waals surface area contributed by atoms with E-state index in [0.717, 1.165) is 36.9 Å². The van der Waals surface area contributed by atoms with Crippen molar-refractivity contribution in [3.8, 4) is 0 Å². The van der Waals surface area contributed by atoms with Crippen LogP contribution in [0.15, 0.2) is 22.9 Å². The molecule has 0 radical (unpaired) electrons. The van der Waals surface area contributed by atoms with Crippen molar-refractivity contribution in [1.82, 2.24) is 14.8 Å². The van der Waals surface area contributed by atoms with Crippen LogP contribution in [0.5, 0.6) is 0 Å². The van der Waals surface area contributed by atoms with Gasteiger partial charge in [-0.2, -0.15) is 13.2 Å². The smallest absolute Gasteiger partial charge is 0.475 e. The van der Waals surface area contributed by atoms with Crippen molar-refractivity contribution in [3.63, 3.8) is 0 Å². The lowest BCUT2D eigenvalue weighted by Crippen LogP contribution is -2.32. The third kappa shape index (κ3) is 5.55. The molecule has 29 heavy (non-hydrogen) atoms. The van der Waals surface area contributed by atoms with Crippen LogP contribution in [0.1, 0.15) is 15.6 Å². The number of hydrogen-bond donors (Lipinski definition) is 1. The summed E-state index contributed by atoms with van der Waals surface area (Å²) >= 11 is 3.46. The Labute approximate surface area is 173 Å². The van der Waals surface area contributed by atoms with Crippen LogP contribution >= 0.6 is 22.7 Å². The number of carbonyl (C=O) groups is 2. The van der Waals surface area contributed by atoms with Gasteiger partial charge in [-0.25, -0.2) is 9.78 Å². The molecule has 0 bridgehead atoms. The average molecular weight is 448 g/mol. The molecule has 0 unspecified atom stereocenters. The highest BCUT2D eigenvalue weighted by Gasteiger charge is 2.46. The van der Waals surface area contributed by atoms with Gasteiger partial charge in [0.25, 0.3) is 0 Å². The highest BCUT2D eigenvalue weighted by atomic mass is 32.1. The molecule has 2 fully saturated rings. The predicted octanol–water partition coefficient (Wildman–Crippen LogP) is 3.24. The molecule has 0 saturated carbocycles. The van der Waals surface area contributed by atoms with Crippen LogP contribution < -0.4 is 0 Å². The summed E-state index contributed by atoms with van der Waals surface area (Å²) in [4.78, 5) is 31.8. The number of halogens is 3. The molecule has 0 spiro atoms. The van der Waals surface area contributed by atoms with Gasteiger partial charge in [-0.15, -0.1) is 22.7 Å². The van der Waals surface area contributed by atoms with Crippen molar-refractivity contribution in [2.24, 2.45) is 11.8 Å². The van der Waals surface area contributed by atoms with Gasteiger partial charge >= 0.3 is 12.1 Å². The molecule has 1 amide bonds. The van der Waals surface area contributed by atoms with E-state index in [0.29, 0.717) is 18.4 Å². The lowest BCUT2D eigenvalue weighted by Gasteiger charge is -2.20. The maximum atomic E-state index is 12.6. The predicted molar refractivity (Wildman–Crippen MR) is 103 cm³/mol. The fraction of sp³-hybridized carbons (Fsp3) is 0.500. The number of rotatable bonds is 4. The van der Waals surface area contributed by atoms with E-state index < -0.39 is 12.1 Å². The zero-order chi connectivity index (χ0) is 21.2. The van der Waals surface area contributed by atoms with Gasteiger partial charge in [-0.05, 0) is 18.4 Å². The summed E-state index contributed by atoms with van der Waals surface area (Å²) in [5.74, 6) is -1.75. The van der Waals surface area contributed by atoms with Crippen LogP contribution in [-0.4, -0.2) is 57.6 Å². The zero-order valence-corrected chi connectivity index (χ0v) is 17.2. The van der Waals surface area contributed by atoms with Crippen LogP contribution in [0.25, 0.3) is 0 Å². The number of amides is 1. The average Bonchev–Trinajstić information content (AvgIpc) is 3.39. The second kappa shape index (κ2) is 8.80. The molecule has 2 atom stereocenters. The minimum Gasteiger partial charge on any atom is -0.475 e. The van der Waals surface area contributed by atoms with Gasteiger partial charge in [-0.1, -0.05) is 6.07 Å². The number of carbonyl (C=O) groups excluding carboxylic acids is 1. The largest absolute Gasteiger partial charge is 0.490 e. The van der Waals surface area contributed by atoms with Gasteiger partial charge in [0.15, 0.2) is 0 Å². The number of aliphatic carboxylic acids is 1. The summed E-state index contributed by atoms with van der Waals surface area (Å²) in [7, 11) is 0. The summed E-state index contributed by atoms with van der Waals surface area (Å²) in [6, 6.07) is 4.27. The van der Waals surface area contributed by atoms with Gasteiger partial charge in [0.05, 0.1) is 23.2 Å². The number of hydrogen-bond acceptors (Lipinski definition) is 6. The lowest BCUT2D eigenvalue weighted by molar-refractivity contribution is -0.192. The number of aryl methyl sites for hydroxylation is 1. The fourth-order valence-electron chi connectivity index (χ4n) is 3.60. The fourth-order valence-corrected chi connectivity index (χ4v) is 4.95. The Morgan fingerprint density at radius 1 is 1.28 bits per heavy atom. The third-order valence-corrected chi connectivity index (χ3v) is 6.51. The van der Waals surface area contributed by atoms with Crippen LogP contribution in [-0.2, 0) is 22.7 Å². The molecule has 2 aliphatic heterocycles. The number of thiophene rings is 1. The van der Waals surface area contributed by atoms with Crippen molar-refractivity contribution in [3.05, 3.63) is 38.5 Å². The minimum atomic E-state index is -5.08. The standard InChI is InChI=1S/C16H19N3OS2.C2HF3O2/c1-11-17-13(10-22-11)7-19-6-12-5-18(9-15(12)16(19)20)8-14-3-2-4-21-14;3-2(4,5)1(6)7/h2-4,10,12,15H,5-9H2,1H3;(H,6,7)/t12-,15-;/m0./s1. The molecule has 2 aliphatic rings. The number of carboxylic acids is 1. The van der Waals surface area contributed by atoms with E-state index in [1.165, 1.54) is 4.88 Å². The summed E-state index contributed by atoms with van der Waals surface area (Å²) < 4.78 is 31.7. The summed E-state index contributed by atoms with van der Waals surface area (Å²) in [5.41, 5.74) is 1.03. The highest BCUT2D eigenvalue weighted by Crippen LogP contribution is 2.34. The molecule has 11 heteroatoms. The molecule has 1 N–H and O–H groups in total. The first-order chi connectivity index (χ1) is 13.6. The van der Waals surface area contributed by atoms with E-state index in [1.54, 1.807) is 22.7 Å². The zero-order valence-electron chi connectivity index (χ0n) is 15.6. The molecule has 4 rings (SSSR count). The Morgan fingerprint density at radius 3 is 2.52 bits per heavy atom. The first-order valence-electron chi connectivity index (χ1n) is 8.88. The molecule has 0 aliphatic carbocycles. The highest BCUT2D eigenvalue weighted by molar-refractivity contribution is 7.10. The molecule has 0 aromatic carbocycles. The molecular formula is C18H20F3N3O3S2. The topological polar surface area (TPSA) is 73.7 Å². The Kier molecular flexibility index (Phi) is 6.59. The lowest BCUT2D eigenvalue weighted by atomic mass is 10.0. The summed E-state index contributed by atoms with van der Waals surface area (Å²) in [5, 5.41) is 12.4. The van der Waals surface area contributed by atoms with Crippen LogP contribution in [0.2, 0.25) is 0 Å². The van der Waals surface area contributed by atoms with Crippen molar-refractivity contribution < 1.29 is 27.9 Å². The Balaban J connectivity index is 0.000000298. The first-order valence-corrected chi connectivity index (χ1v) is 10.6. The normalized spacial score (nSPS) is 21.8. The van der Waals surface area contributed by atoms with E-state index in [4.69, 9.17) is 9.90 Å². The number of nitrogens with zero attached hydrogens (tertiary/aromatic N) is 3. The quantitative estimate of drug-likeness (QED) is 0.779. The third-order valence-electron chi connectivity index (χ3n) is 4.82. The van der Waals surface area contributed by atoms with E-state index in [1.807, 2.05) is 11.8 Å². The summed E-state index contributed by atoms with van der Waals surface area (Å²) in [6.45, 7) is 6.53. The van der Waals surface area contributed by atoms with Gasteiger partial charge in [0, 0.05) is 42.4 Å². The molecule has 158 valence electrons. The van der Waals surface area contributed by atoms with Gasteiger partial charge in [0.1, 0.15) is 0 Å². The maximum absolute atomic E-state index is 12.6. The number of fused-ring (bicyclic) bond motifs is 1. The number of thiazole rings is 1. The Hall–Kier alpha value is -1.98. The maximum Gasteiger partial charge on any atom is 0.490 e. The molecule has 2 saturated heterocycles. The van der Waals surface area contributed by atoms with Crippen LogP contribution in [0.4, 0.5) is 13.2 Å². The Bertz CT molecular complexity index is 854. The van der Waals surface area contributed by atoms with Crippen molar-refractivity contribution in [2.75, 3.05) is 19.6 Å². The molecular weight excluding hydrogens is 427 g/mol. The van der Waals surface area contributed by atoms with Crippen molar-refractivity contribution in [2.45, 2.75) is 26.2 Å². The van der Waals surface area contributed by atoms with Gasteiger partial charge < -0.3 is 10.0 Å². The Morgan fingerprint density at radius 2 is 2.00 bits per heavy atom. The number of alkyl halides is 3. The van der Waals surface area contributed by atoms with Crippen molar-refractivity contribution in [1.29, 1.82) is 0 Å². The molecule has 2 aromatic heterocycles. The van der Waals surface area contributed by atoms with E-state index in [2.05, 4.69) is 32.8 Å². The van der Waals surface area contributed by atoms with E-state index >= 15 is 0 Å². The second-order valence-corrected chi connectivity index (χ2v) is 9.11. The van der Waals surface area contributed by atoms with E-state index in [-0.39, 0.29) is 5.92 Å². The second-order valence-electron chi connectivity index (χ2n) is 7.02. The van der Waals surface area contributed by atoms with Crippen LogP contribution in [0, 0.1) is 18.8 Å². The SMILES string of the molecule is Cc1nc(CN2C[C@@H]3CN(Cc4cccs4)C[C@@H]3C2=O)cs1.O=C(O)C(F)(F)F. The van der Waals surface area contributed by atoms with Gasteiger partial charge in [-0.3, -0.25) is 9.69 Å². The number of carboxylic acid groups (broad SMARTS) is 1. The molecule has 2 aromatic rings.